The van der Waals surface area contributed by atoms with Gasteiger partial charge >= 0.3 is 0 Å². The Hall–Kier alpha value is -3.71. The van der Waals surface area contributed by atoms with Crippen molar-refractivity contribution in [1.29, 1.82) is 0 Å². The minimum atomic E-state index is -0.661. The predicted molar refractivity (Wildman–Crippen MR) is 124 cm³/mol. The monoisotopic (exact) mass is 450 g/mol. The van der Waals surface area contributed by atoms with Crippen LogP contribution in [0.3, 0.4) is 0 Å². The van der Waals surface area contributed by atoms with Gasteiger partial charge in [0.25, 0.3) is 11.8 Å². The zero-order valence-corrected chi connectivity index (χ0v) is 18.0. The lowest BCUT2D eigenvalue weighted by molar-refractivity contribution is 0.102. The van der Waals surface area contributed by atoms with E-state index in [9.17, 15) is 14.0 Å². The van der Waals surface area contributed by atoms with E-state index in [0.29, 0.717) is 28.7 Å². The molecular formula is C24H20ClFN4O2. The van der Waals surface area contributed by atoms with Gasteiger partial charge < -0.3 is 15.5 Å². The molecule has 32 heavy (non-hydrogen) atoms. The quantitative estimate of drug-likeness (QED) is 0.593. The van der Waals surface area contributed by atoms with E-state index in [1.165, 1.54) is 12.1 Å². The van der Waals surface area contributed by atoms with Crippen LogP contribution in [0.5, 0.6) is 0 Å². The molecule has 162 valence electrons. The Bertz CT molecular complexity index is 1210. The molecule has 0 fully saturated rings. The maximum atomic E-state index is 14.7. The lowest BCUT2D eigenvalue weighted by Crippen LogP contribution is -2.24. The summed E-state index contributed by atoms with van der Waals surface area (Å²) in [5.74, 6) is -1.03. The van der Waals surface area contributed by atoms with Crippen molar-refractivity contribution < 1.29 is 14.0 Å². The van der Waals surface area contributed by atoms with E-state index in [-0.39, 0.29) is 16.8 Å². The number of amidine groups is 1. The number of para-hydroxylation sites is 1. The number of hydrogen-bond donors (Lipinski definition) is 2. The number of halogens is 2. The van der Waals surface area contributed by atoms with Gasteiger partial charge in [-0.15, -0.1) is 0 Å². The van der Waals surface area contributed by atoms with Crippen LogP contribution in [0.4, 0.5) is 15.8 Å². The first-order valence-corrected chi connectivity index (χ1v) is 10.3. The summed E-state index contributed by atoms with van der Waals surface area (Å²) in [5.41, 5.74) is 1.56. The Morgan fingerprint density at radius 2 is 1.69 bits per heavy atom. The first kappa shape index (κ1) is 21.5. The Labute approximate surface area is 189 Å². The van der Waals surface area contributed by atoms with Crippen molar-refractivity contribution in [3.63, 3.8) is 0 Å². The van der Waals surface area contributed by atoms with Crippen molar-refractivity contribution in [1.82, 2.24) is 4.90 Å². The lowest BCUT2D eigenvalue weighted by atomic mass is 10.1. The summed E-state index contributed by atoms with van der Waals surface area (Å²) in [5, 5.41) is 5.94. The summed E-state index contributed by atoms with van der Waals surface area (Å²) in [7, 11) is 1.89. The van der Waals surface area contributed by atoms with Gasteiger partial charge in [0, 0.05) is 29.9 Å². The van der Waals surface area contributed by atoms with Gasteiger partial charge in [-0.2, -0.15) is 0 Å². The van der Waals surface area contributed by atoms with Crippen molar-refractivity contribution in [2.75, 3.05) is 30.8 Å². The number of rotatable bonds is 5. The first-order chi connectivity index (χ1) is 15.4. The highest BCUT2D eigenvalue weighted by Crippen LogP contribution is 2.21. The number of anilines is 2. The van der Waals surface area contributed by atoms with Crippen molar-refractivity contribution in [2.24, 2.45) is 4.99 Å². The molecule has 0 saturated carbocycles. The van der Waals surface area contributed by atoms with E-state index in [1.54, 1.807) is 54.6 Å². The molecule has 3 aromatic rings. The highest BCUT2D eigenvalue weighted by atomic mass is 35.5. The van der Waals surface area contributed by atoms with Gasteiger partial charge in [0.1, 0.15) is 11.7 Å². The van der Waals surface area contributed by atoms with Crippen LogP contribution in [0.2, 0.25) is 5.02 Å². The Morgan fingerprint density at radius 1 is 0.969 bits per heavy atom. The molecule has 0 spiro atoms. The molecule has 8 heteroatoms. The zero-order valence-electron chi connectivity index (χ0n) is 17.2. The van der Waals surface area contributed by atoms with Crippen molar-refractivity contribution in [3.05, 3.63) is 94.3 Å². The van der Waals surface area contributed by atoms with Gasteiger partial charge in [-0.25, -0.2) is 4.39 Å². The van der Waals surface area contributed by atoms with Crippen LogP contribution in [-0.4, -0.2) is 42.7 Å². The SMILES string of the molecule is CN1CCN=C1c1ccc(C(=O)Nc2ccccc2C(=O)Nc2ccc(Cl)cc2)c(F)c1. The molecule has 0 saturated heterocycles. The fourth-order valence-corrected chi connectivity index (χ4v) is 3.52. The molecule has 1 aliphatic rings. The molecule has 3 aromatic carbocycles. The summed E-state index contributed by atoms with van der Waals surface area (Å²) in [4.78, 5) is 31.8. The zero-order chi connectivity index (χ0) is 22.7. The van der Waals surface area contributed by atoms with Crippen molar-refractivity contribution in [3.8, 4) is 0 Å². The summed E-state index contributed by atoms with van der Waals surface area (Å²) < 4.78 is 14.7. The predicted octanol–water partition coefficient (Wildman–Crippen LogP) is 4.68. The molecule has 2 N–H and O–H groups in total. The Morgan fingerprint density at radius 3 is 2.38 bits per heavy atom. The molecule has 2 amide bonds. The van der Waals surface area contributed by atoms with E-state index >= 15 is 0 Å². The molecular weight excluding hydrogens is 431 g/mol. The van der Waals surface area contributed by atoms with Crippen LogP contribution in [0.25, 0.3) is 0 Å². The van der Waals surface area contributed by atoms with Crippen LogP contribution >= 0.6 is 11.6 Å². The second-order valence-corrected chi connectivity index (χ2v) is 7.72. The smallest absolute Gasteiger partial charge is 0.258 e. The van der Waals surface area contributed by atoms with Crippen LogP contribution < -0.4 is 10.6 Å². The highest BCUT2D eigenvalue weighted by molar-refractivity contribution is 6.30. The normalized spacial score (nSPS) is 13.0. The number of nitrogens with zero attached hydrogens (tertiary/aromatic N) is 2. The third-order valence-corrected chi connectivity index (χ3v) is 5.30. The van der Waals surface area contributed by atoms with Crippen LogP contribution in [0, 0.1) is 5.82 Å². The Balaban J connectivity index is 1.52. The molecule has 1 aliphatic heterocycles. The summed E-state index contributed by atoms with van der Waals surface area (Å²) in [6, 6.07) is 17.6. The summed E-state index contributed by atoms with van der Waals surface area (Å²) >= 11 is 5.87. The lowest BCUT2D eigenvalue weighted by Gasteiger charge is -2.15. The highest BCUT2D eigenvalue weighted by Gasteiger charge is 2.20. The molecule has 0 bridgehead atoms. The number of amides is 2. The summed E-state index contributed by atoms with van der Waals surface area (Å²) in [6.07, 6.45) is 0. The topological polar surface area (TPSA) is 73.8 Å². The molecule has 4 rings (SSSR count). The van der Waals surface area contributed by atoms with Crippen LogP contribution in [0.15, 0.2) is 71.7 Å². The fourth-order valence-electron chi connectivity index (χ4n) is 3.39. The van der Waals surface area contributed by atoms with E-state index in [1.807, 2.05) is 11.9 Å². The fraction of sp³-hybridized carbons (Fsp3) is 0.125. The van der Waals surface area contributed by atoms with Gasteiger partial charge in [-0.05, 0) is 48.5 Å². The maximum Gasteiger partial charge on any atom is 0.258 e. The summed E-state index contributed by atoms with van der Waals surface area (Å²) in [6.45, 7) is 1.43. The second kappa shape index (κ2) is 9.20. The third-order valence-electron chi connectivity index (χ3n) is 5.05. The first-order valence-electron chi connectivity index (χ1n) is 9.95. The molecule has 0 atom stereocenters. The van der Waals surface area contributed by atoms with Crippen LogP contribution in [0.1, 0.15) is 26.3 Å². The number of nitrogens with one attached hydrogen (secondary N) is 2. The van der Waals surface area contributed by atoms with Gasteiger partial charge in [-0.3, -0.25) is 14.6 Å². The van der Waals surface area contributed by atoms with Crippen molar-refractivity contribution >= 4 is 40.6 Å². The van der Waals surface area contributed by atoms with E-state index in [2.05, 4.69) is 15.6 Å². The van der Waals surface area contributed by atoms with Gasteiger partial charge in [0.05, 0.1) is 23.4 Å². The molecule has 0 aromatic heterocycles. The molecule has 6 nitrogen and oxygen atoms in total. The minimum Gasteiger partial charge on any atom is -0.358 e. The van der Waals surface area contributed by atoms with Gasteiger partial charge in [0.15, 0.2) is 0 Å². The molecule has 0 unspecified atom stereocenters. The second-order valence-electron chi connectivity index (χ2n) is 7.28. The number of carbonyl (C=O) groups is 2. The average Bonchev–Trinajstić information content (AvgIpc) is 3.21. The number of benzene rings is 3. The van der Waals surface area contributed by atoms with E-state index in [0.717, 1.165) is 6.54 Å². The minimum absolute atomic E-state index is 0.122. The van der Waals surface area contributed by atoms with Crippen molar-refractivity contribution in [2.45, 2.75) is 0 Å². The number of hydrogen-bond acceptors (Lipinski definition) is 4. The van der Waals surface area contributed by atoms with E-state index in [4.69, 9.17) is 11.6 Å². The van der Waals surface area contributed by atoms with E-state index < -0.39 is 17.6 Å². The Kier molecular flexibility index (Phi) is 6.18. The van der Waals surface area contributed by atoms with Crippen LogP contribution in [-0.2, 0) is 0 Å². The average molecular weight is 451 g/mol. The number of carbonyl (C=O) groups excluding carboxylic acids is 2. The largest absolute Gasteiger partial charge is 0.358 e. The number of aliphatic imine (C=N–C) groups is 1. The van der Waals surface area contributed by atoms with Gasteiger partial charge in [-0.1, -0.05) is 29.8 Å². The maximum absolute atomic E-state index is 14.7. The standard InChI is InChI=1S/C24H20ClFN4O2/c1-30-13-12-27-22(30)15-6-11-18(20(26)14-15)23(31)29-21-5-3-2-4-19(21)24(32)28-17-9-7-16(25)8-10-17/h2-11,14H,12-13H2,1H3,(H,28,32)(H,29,31). The molecule has 1 heterocycles. The number of likely N-dealkylation sites (N-methyl/N-ethyl adjacent to an activating group) is 1. The molecule has 0 aliphatic carbocycles. The van der Waals surface area contributed by atoms with Gasteiger partial charge in [0.2, 0.25) is 0 Å². The third kappa shape index (κ3) is 4.63. The molecule has 0 radical (unpaired) electrons.